The second-order valence-corrected chi connectivity index (χ2v) is 10.1. The van der Waals surface area contributed by atoms with Crippen molar-refractivity contribution < 1.29 is 23.1 Å². The van der Waals surface area contributed by atoms with Gasteiger partial charge in [-0.3, -0.25) is 9.59 Å². The minimum absolute atomic E-state index is 0.0169. The third kappa shape index (κ3) is 4.24. The second kappa shape index (κ2) is 7.08. The molecule has 0 aromatic heterocycles. The van der Waals surface area contributed by atoms with Crippen molar-refractivity contribution in [3.63, 3.8) is 0 Å². The molecule has 1 N–H and O–H groups in total. The number of halogens is 1. The quantitative estimate of drug-likeness (QED) is 0.752. The van der Waals surface area contributed by atoms with E-state index in [1.165, 1.54) is 11.8 Å². The number of amidine groups is 1. The Morgan fingerprint density at radius 3 is 2.56 bits per heavy atom. The summed E-state index contributed by atoms with van der Waals surface area (Å²) in [5, 5.41) is 8.93. The molecule has 25 heavy (non-hydrogen) atoms. The van der Waals surface area contributed by atoms with Crippen LogP contribution in [0.15, 0.2) is 33.7 Å². The van der Waals surface area contributed by atoms with E-state index in [4.69, 9.17) is 5.11 Å². The molecule has 0 spiro atoms. The summed E-state index contributed by atoms with van der Waals surface area (Å²) in [5.74, 6) is -1.50. The summed E-state index contributed by atoms with van der Waals surface area (Å²) in [6.07, 6.45) is -0.457. The SMILES string of the molecule is O=C(O)CCC(=O)N=C1S[C@@H]2CS(=O)(=O)C[C@H]2N1c1ccc(Br)cc1. The molecular formula is C15H15BrN2O5S2. The number of hydrogen-bond acceptors (Lipinski definition) is 5. The van der Waals surface area contributed by atoms with Crippen molar-refractivity contribution in [2.75, 3.05) is 16.4 Å². The van der Waals surface area contributed by atoms with E-state index in [-0.39, 0.29) is 35.6 Å². The molecule has 7 nitrogen and oxygen atoms in total. The summed E-state index contributed by atoms with van der Waals surface area (Å²) >= 11 is 4.63. The first-order valence-electron chi connectivity index (χ1n) is 7.50. The minimum atomic E-state index is -3.12. The van der Waals surface area contributed by atoms with Crippen molar-refractivity contribution in [3.8, 4) is 0 Å². The number of carboxylic acid groups (broad SMARTS) is 1. The van der Waals surface area contributed by atoms with Gasteiger partial charge in [-0.05, 0) is 24.3 Å². The van der Waals surface area contributed by atoms with Gasteiger partial charge in [0.25, 0.3) is 0 Å². The number of fused-ring (bicyclic) bond motifs is 1. The molecule has 2 saturated heterocycles. The number of hydrogen-bond donors (Lipinski definition) is 1. The fraction of sp³-hybridized carbons (Fsp3) is 0.400. The highest BCUT2D eigenvalue weighted by molar-refractivity contribution is 9.10. The van der Waals surface area contributed by atoms with Crippen LogP contribution in [0.25, 0.3) is 0 Å². The Morgan fingerprint density at radius 2 is 1.92 bits per heavy atom. The maximum absolute atomic E-state index is 12.0. The molecule has 10 heteroatoms. The van der Waals surface area contributed by atoms with Crippen LogP contribution in [0.4, 0.5) is 5.69 Å². The minimum Gasteiger partial charge on any atom is -0.481 e. The van der Waals surface area contributed by atoms with Crippen LogP contribution in [0, 0.1) is 0 Å². The molecule has 2 aliphatic rings. The van der Waals surface area contributed by atoms with Gasteiger partial charge in [-0.1, -0.05) is 27.7 Å². The van der Waals surface area contributed by atoms with Gasteiger partial charge in [0.15, 0.2) is 15.0 Å². The number of carboxylic acids is 1. The van der Waals surface area contributed by atoms with Gasteiger partial charge in [-0.25, -0.2) is 8.42 Å². The molecule has 0 bridgehead atoms. The lowest BCUT2D eigenvalue weighted by molar-refractivity contribution is -0.138. The standard InChI is InChI=1S/C15H15BrN2O5S2/c16-9-1-3-10(4-2-9)18-11-7-25(22,23)8-12(11)24-15(18)17-13(19)5-6-14(20)21/h1-4,11-12H,5-8H2,(H,20,21)/t11-,12-/m1/s1. The fourth-order valence-corrected chi connectivity index (χ4v) is 7.04. The number of amides is 1. The summed E-state index contributed by atoms with van der Waals surface area (Å²) in [5.41, 5.74) is 0.755. The number of sulfone groups is 1. The van der Waals surface area contributed by atoms with E-state index in [0.29, 0.717) is 5.17 Å². The van der Waals surface area contributed by atoms with Crippen LogP contribution in [-0.2, 0) is 19.4 Å². The van der Waals surface area contributed by atoms with Gasteiger partial charge in [-0.2, -0.15) is 4.99 Å². The highest BCUT2D eigenvalue weighted by atomic mass is 79.9. The maximum atomic E-state index is 12.0. The Kier molecular flexibility index (Phi) is 5.21. The Hall–Kier alpha value is -1.39. The first-order valence-corrected chi connectivity index (χ1v) is 11.0. The third-order valence-electron chi connectivity index (χ3n) is 3.94. The highest BCUT2D eigenvalue weighted by Crippen LogP contribution is 2.41. The van der Waals surface area contributed by atoms with Gasteiger partial charge in [0, 0.05) is 21.8 Å². The topological polar surface area (TPSA) is 104 Å². The molecule has 134 valence electrons. The number of thioether (sulfide) groups is 1. The summed E-state index contributed by atoms with van der Waals surface area (Å²) in [6.45, 7) is 0. The van der Waals surface area contributed by atoms with E-state index in [0.717, 1.165) is 10.2 Å². The maximum Gasteiger partial charge on any atom is 0.303 e. The summed E-state index contributed by atoms with van der Waals surface area (Å²) in [7, 11) is -3.12. The van der Waals surface area contributed by atoms with Crippen LogP contribution >= 0.6 is 27.7 Å². The van der Waals surface area contributed by atoms with Gasteiger partial charge >= 0.3 is 5.97 Å². The van der Waals surface area contributed by atoms with E-state index < -0.39 is 21.7 Å². The average molecular weight is 447 g/mol. The zero-order chi connectivity index (χ0) is 18.2. The molecule has 1 aromatic carbocycles. The molecule has 2 aliphatic heterocycles. The Balaban J connectivity index is 1.90. The number of carbonyl (C=O) groups is 2. The largest absolute Gasteiger partial charge is 0.481 e. The van der Waals surface area contributed by atoms with Crippen molar-refractivity contribution in [2.24, 2.45) is 4.99 Å². The molecule has 2 atom stereocenters. The lowest BCUT2D eigenvalue weighted by Crippen LogP contribution is -2.37. The van der Waals surface area contributed by atoms with Crippen LogP contribution in [0.2, 0.25) is 0 Å². The van der Waals surface area contributed by atoms with Gasteiger partial charge in [-0.15, -0.1) is 0 Å². The van der Waals surface area contributed by atoms with Gasteiger partial charge in [0.05, 0.1) is 24.0 Å². The number of aliphatic imine (C=N–C) groups is 1. The number of rotatable bonds is 4. The summed E-state index contributed by atoms with van der Waals surface area (Å²) in [6, 6.07) is 7.05. The van der Waals surface area contributed by atoms with E-state index in [1.54, 1.807) is 4.90 Å². The van der Waals surface area contributed by atoms with Crippen LogP contribution in [-0.4, -0.2) is 53.4 Å². The van der Waals surface area contributed by atoms with Crippen molar-refractivity contribution in [3.05, 3.63) is 28.7 Å². The van der Waals surface area contributed by atoms with E-state index in [2.05, 4.69) is 20.9 Å². The summed E-state index contributed by atoms with van der Waals surface area (Å²) < 4.78 is 24.8. The van der Waals surface area contributed by atoms with E-state index >= 15 is 0 Å². The molecule has 1 aromatic rings. The smallest absolute Gasteiger partial charge is 0.303 e. The molecule has 0 saturated carbocycles. The molecule has 0 aliphatic carbocycles. The average Bonchev–Trinajstić information content (AvgIpc) is 2.97. The third-order valence-corrected chi connectivity index (χ3v) is 7.68. The van der Waals surface area contributed by atoms with Gasteiger partial charge in [0.1, 0.15) is 0 Å². The Bertz CT molecular complexity index is 838. The fourth-order valence-electron chi connectivity index (χ4n) is 2.84. The van der Waals surface area contributed by atoms with Crippen LogP contribution in [0.3, 0.4) is 0 Å². The van der Waals surface area contributed by atoms with Crippen LogP contribution in [0.1, 0.15) is 12.8 Å². The van der Waals surface area contributed by atoms with E-state index in [9.17, 15) is 18.0 Å². The first-order chi connectivity index (χ1) is 11.7. The van der Waals surface area contributed by atoms with Gasteiger partial charge < -0.3 is 10.0 Å². The lowest BCUT2D eigenvalue weighted by Gasteiger charge is -2.24. The predicted octanol–water partition coefficient (Wildman–Crippen LogP) is 1.92. The van der Waals surface area contributed by atoms with E-state index in [1.807, 2.05) is 24.3 Å². The monoisotopic (exact) mass is 446 g/mol. The molecule has 1 amide bonds. The number of anilines is 1. The Labute approximate surface area is 157 Å². The summed E-state index contributed by atoms with van der Waals surface area (Å²) in [4.78, 5) is 28.4. The van der Waals surface area contributed by atoms with Crippen LogP contribution in [0.5, 0.6) is 0 Å². The molecule has 0 unspecified atom stereocenters. The van der Waals surface area contributed by atoms with Crippen molar-refractivity contribution in [1.29, 1.82) is 0 Å². The molecular weight excluding hydrogens is 432 g/mol. The number of carbonyl (C=O) groups excluding carboxylic acids is 1. The first kappa shape index (κ1) is 18.4. The molecule has 3 rings (SSSR count). The molecule has 2 heterocycles. The second-order valence-electron chi connectivity index (χ2n) is 5.83. The Morgan fingerprint density at radius 1 is 1.24 bits per heavy atom. The predicted molar refractivity (Wildman–Crippen MR) is 99.8 cm³/mol. The van der Waals surface area contributed by atoms with Crippen molar-refractivity contribution in [1.82, 2.24) is 0 Å². The highest BCUT2D eigenvalue weighted by Gasteiger charge is 2.49. The zero-order valence-corrected chi connectivity index (χ0v) is 16.2. The van der Waals surface area contributed by atoms with Crippen LogP contribution < -0.4 is 4.90 Å². The normalized spacial score (nSPS) is 26.0. The van der Waals surface area contributed by atoms with Crippen molar-refractivity contribution in [2.45, 2.75) is 24.1 Å². The lowest BCUT2D eigenvalue weighted by atomic mass is 10.2. The number of nitrogens with zero attached hydrogens (tertiary/aromatic N) is 2. The van der Waals surface area contributed by atoms with Crippen molar-refractivity contribution >= 4 is 60.3 Å². The molecule has 0 radical (unpaired) electrons. The van der Waals surface area contributed by atoms with Gasteiger partial charge in [0.2, 0.25) is 5.91 Å². The molecule has 2 fully saturated rings. The zero-order valence-electron chi connectivity index (χ0n) is 13.0. The number of benzene rings is 1. The number of aliphatic carboxylic acids is 1.